The van der Waals surface area contributed by atoms with E-state index >= 15 is 0 Å². The van der Waals surface area contributed by atoms with Crippen LogP contribution in [-0.4, -0.2) is 36.7 Å². The summed E-state index contributed by atoms with van der Waals surface area (Å²) in [6.45, 7) is 1.65. The van der Waals surface area contributed by atoms with Crippen molar-refractivity contribution >= 4 is 23.0 Å². The van der Waals surface area contributed by atoms with Gasteiger partial charge in [0.25, 0.3) is 0 Å². The molecule has 0 aliphatic rings. The van der Waals surface area contributed by atoms with Crippen molar-refractivity contribution in [3.05, 3.63) is 0 Å². The second-order valence-electron chi connectivity index (χ2n) is 2.25. The molecule has 0 rings (SSSR count). The molecule has 0 heterocycles. The molecular weight excluding hydrogens is 278 g/mol. The molecule has 0 amide bonds. The second kappa shape index (κ2) is 13.7. The van der Waals surface area contributed by atoms with Crippen LogP contribution in [0.5, 0.6) is 0 Å². The predicted octanol–water partition coefficient (Wildman–Crippen LogP) is 0.551. The van der Waals surface area contributed by atoms with E-state index in [1.54, 1.807) is 6.92 Å². The fraction of sp³-hybridized carbons (Fsp3) is 0.714. The quantitative estimate of drug-likeness (QED) is 0.504. The van der Waals surface area contributed by atoms with Crippen LogP contribution in [0.1, 0.15) is 26.2 Å². The molecule has 0 fully saturated rings. The molecule has 3 N–H and O–H groups in total. The number of carboxylic acids is 2. The van der Waals surface area contributed by atoms with Crippen molar-refractivity contribution in [3.63, 3.8) is 0 Å². The van der Waals surface area contributed by atoms with Crippen LogP contribution in [0.2, 0.25) is 0 Å². The normalized spacial score (nSPS) is 10.3. The van der Waals surface area contributed by atoms with Gasteiger partial charge in [-0.3, -0.25) is 9.59 Å². The van der Waals surface area contributed by atoms with E-state index in [-0.39, 0.29) is 38.7 Å². The van der Waals surface area contributed by atoms with Gasteiger partial charge < -0.3 is 14.8 Å². The topological polar surface area (TPSA) is 112 Å². The Labute approximate surface area is 103 Å². The third-order valence-corrected chi connectivity index (χ3v) is 1.52. The van der Waals surface area contributed by atoms with Crippen molar-refractivity contribution in [2.24, 2.45) is 0 Å². The molecule has 0 radical (unpaired) electrons. The molecular formula is C7H14O6SZn. The fourth-order valence-corrected chi connectivity index (χ4v) is 0.391. The summed E-state index contributed by atoms with van der Waals surface area (Å²) >= 11 is -1.57. The van der Waals surface area contributed by atoms with Crippen LogP contribution in [0.15, 0.2) is 0 Å². The number of rotatable bonds is 5. The second-order valence-corrected chi connectivity index (χ2v) is 3.47. The van der Waals surface area contributed by atoms with Crippen LogP contribution in [0.3, 0.4) is 0 Å². The first-order valence-corrected chi connectivity index (χ1v) is 5.18. The molecule has 86 valence electrons. The molecule has 1 unspecified atom stereocenters. The van der Waals surface area contributed by atoms with Gasteiger partial charge in [-0.25, -0.2) is 4.21 Å². The van der Waals surface area contributed by atoms with E-state index in [0.29, 0.717) is 5.75 Å². The Morgan fingerprint density at radius 2 is 1.40 bits per heavy atom. The number of carboxylic acid groups (broad SMARTS) is 2. The first kappa shape index (κ1) is 20.1. The van der Waals surface area contributed by atoms with E-state index in [1.165, 1.54) is 0 Å². The molecule has 0 spiro atoms. The molecule has 6 nitrogen and oxygen atoms in total. The third kappa shape index (κ3) is 31.6. The Bertz CT molecular complexity index is 194. The monoisotopic (exact) mass is 290 g/mol. The molecule has 0 saturated carbocycles. The summed E-state index contributed by atoms with van der Waals surface area (Å²) in [5, 5.41) is 16.1. The van der Waals surface area contributed by atoms with Crippen molar-refractivity contribution in [3.8, 4) is 0 Å². The zero-order valence-corrected chi connectivity index (χ0v) is 12.3. The number of carbonyl (C=O) groups is 2. The van der Waals surface area contributed by atoms with Gasteiger partial charge in [0.15, 0.2) is 11.1 Å². The largest absolute Gasteiger partial charge is 0.481 e. The van der Waals surface area contributed by atoms with Gasteiger partial charge in [0.1, 0.15) is 0 Å². The smallest absolute Gasteiger partial charge is 0.303 e. The van der Waals surface area contributed by atoms with Gasteiger partial charge >= 0.3 is 11.9 Å². The summed E-state index contributed by atoms with van der Waals surface area (Å²) in [6.07, 6.45) is 0.0866. The average molecular weight is 292 g/mol. The van der Waals surface area contributed by atoms with Crippen molar-refractivity contribution in [2.75, 3.05) is 5.75 Å². The Kier molecular flexibility index (Phi) is 18.4. The van der Waals surface area contributed by atoms with E-state index in [2.05, 4.69) is 0 Å². The van der Waals surface area contributed by atoms with E-state index in [0.717, 1.165) is 0 Å². The Morgan fingerprint density at radius 1 is 1.13 bits per heavy atom. The molecule has 15 heavy (non-hydrogen) atoms. The van der Waals surface area contributed by atoms with Crippen molar-refractivity contribution in [1.29, 1.82) is 0 Å². The Balaban J connectivity index is -0.000000208. The van der Waals surface area contributed by atoms with Crippen molar-refractivity contribution in [1.82, 2.24) is 0 Å². The van der Waals surface area contributed by atoms with Gasteiger partial charge in [-0.1, -0.05) is 6.92 Å². The van der Waals surface area contributed by atoms with Crippen molar-refractivity contribution in [2.45, 2.75) is 26.2 Å². The summed E-state index contributed by atoms with van der Waals surface area (Å²) in [5.74, 6) is -1.56. The van der Waals surface area contributed by atoms with Gasteiger partial charge in [-0.05, 0) is 6.42 Å². The third-order valence-electron chi connectivity index (χ3n) is 1.03. The first-order chi connectivity index (χ1) is 6.40. The van der Waals surface area contributed by atoms with E-state index in [1.807, 2.05) is 0 Å². The maximum absolute atomic E-state index is 9.79. The van der Waals surface area contributed by atoms with Crippen LogP contribution in [0.4, 0.5) is 0 Å². The molecule has 1 atom stereocenters. The Hall–Kier alpha value is -0.327. The van der Waals surface area contributed by atoms with Gasteiger partial charge in [0, 0.05) is 38.1 Å². The predicted molar refractivity (Wildman–Crippen MR) is 50.4 cm³/mol. The fourth-order valence-electron chi connectivity index (χ4n) is 0.391. The SMILES string of the molecule is CCS(=O)O.O=C(O)CCCC(=O)O.[Zn]. The molecule has 0 saturated heterocycles. The van der Waals surface area contributed by atoms with Crippen LogP contribution < -0.4 is 0 Å². The molecule has 8 heteroatoms. The van der Waals surface area contributed by atoms with Gasteiger partial charge in [0.2, 0.25) is 0 Å². The number of hydrogen-bond acceptors (Lipinski definition) is 3. The van der Waals surface area contributed by atoms with Crippen LogP contribution >= 0.6 is 0 Å². The van der Waals surface area contributed by atoms with E-state index in [4.69, 9.17) is 14.8 Å². The van der Waals surface area contributed by atoms with Crippen LogP contribution in [0.25, 0.3) is 0 Å². The summed E-state index contributed by atoms with van der Waals surface area (Å²) in [6, 6.07) is 0. The summed E-state index contributed by atoms with van der Waals surface area (Å²) < 4.78 is 17.3. The standard InChI is InChI=1S/C5H8O4.C2H6O2S.Zn/c6-4(7)2-1-3-5(8)9;1-2-5(3)4;/h1-3H2,(H,6,7)(H,8,9);2H2,1H3,(H,3,4);. The Morgan fingerprint density at radius 3 is 1.53 bits per heavy atom. The molecule has 0 aliphatic heterocycles. The minimum atomic E-state index is -1.57. The summed E-state index contributed by atoms with van der Waals surface area (Å²) in [5.41, 5.74) is 0. The zero-order valence-electron chi connectivity index (χ0n) is 8.51. The van der Waals surface area contributed by atoms with Crippen molar-refractivity contribution < 1.29 is 48.0 Å². The van der Waals surface area contributed by atoms with E-state index < -0.39 is 23.0 Å². The van der Waals surface area contributed by atoms with Crippen LogP contribution in [-0.2, 0) is 40.1 Å². The summed E-state index contributed by atoms with van der Waals surface area (Å²) in [4.78, 5) is 19.6. The molecule has 0 aromatic carbocycles. The minimum absolute atomic E-state index is 0. The minimum Gasteiger partial charge on any atom is -0.481 e. The summed E-state index contributed by atoms with van der Waals surface area (Å²) in [7, 11) is 0. The zero-order chi connectivity index (χ0) is 11.6. The van der Waals surface area contributed by atoms with Gasteiger partial charge in [0.05, 0.1) is 0 Å². The maximum atomic E-state index is 9.79. The van der Waals surface area contributed by atoms with Gasteiger partial charge in [-0.15, -0.1) is 0 Å². The van der Waals surface area contributed by atoms with E-state index in [9.17, 15) is 13.8 Å². The molecule has 0 aromatic rings. The first-order valence-electron chi connectivity index (χ1n) is 3.91. The number of hydrogen-bond donors (Lipinski definition) is 3. The average Bonchev–Trinajstić information content (AvgIpc) is 2.04. The number of aliphatic carboxylic acids is 2. The van der Waals surface area contributed by atoms with Gasteiger partial charge in [-0.2, -0.15) is 0 Å². The molecule has 0 bridgehead atoms. The maximum Gasteiger partial charge on any atom is 0.303 e. The van der Waals surface area contributed by atoms with Crippen LogP contribution in [0, 0.1) is 0 Å². The molecule has 0 aliphatic carbocycles. The molecule has 0 aromatic heterocycles.